The Labute approximate surface area is 117 Å². The van der Waals surface area contributed by atoms with Crippen LogP contribution in [0.25, 0.3) is 0 Å². The molecule has 20 heavy (non-hydrogen) atoms. The molecule has 0 saturated carbocycles. The van der Waals surface area contributed by atoms with Crippen molar-refractivity contribution in [1.82, 2.24) is 4.90 Å². The Kier molecular flexibility index (Phi) is 4.81. The smallest absolute Gasteiger partial charge is 0.270 e. The number of benzene rings is 1. The molecule has 1 heterocycles. The van der Waals surface area contributed by atoms with Gasteiger partial charge in [0.1, 0.15) is 0 Å². The van der Waals surface area contributed by atoms with Gasteiger partial charge in [0, 0.05) is 30.3 Å². The maximum Gasteiger partial charge on any atom is 0.270 e. The second-order valence-electron chi connectivity index (χ2n) is 4.84. The Hall–Kier alpha value is -1.79. The molecule has 108 valence electrons. The number of hydrogen-bond acceptors (Lipinski definition) is 5. The molecule has 1 unspecified atom stereocenters. The van der Waals surface area contributed by atoms with Crippen molar-refractivity contribution in [3.8, 4) is 0 Å². The van der Waals surface area contributed by atoms with Gasteiger partial charge in [-0.15, -0.1) is 0 Å². The molecule has 1 aromatic rings. The monoisotopic (exact) mass is 278 g/mol. The van der Waals surface area contributed by atoms with Gasteiger partial charge in [-0.2, -0.15) is 0 Å². The molecule has 6 nitrogen and oxygen atoms in total. The van der Waals surface area contributed by atoms with Crippen LogP contribution in [0.3, 0.4) is 0 Å². The molecule has 0 aliphatic carbocycles. The third-order valence-electron chi connectivity index (χ3n) is 3.55. The fourth-order valence-electron chi connectivity index (χ4n) is 2.34. The van der Waals surface area contributed by atoms with E-state index in [0.29, 0.717) is 18.8 Å². The lowest BCUT2D eigenvalue weighted by Crippen LogP contribution is -2.47. The van der Waals surface area contributed by atoms with Crippen LogP contribution in [0.15, 0.2) is 24.3 Å². The summed E-state index contributed by atoms with van der Waals surface area (Å²) < 4.78 is 5.40. The van der Waals surface area contributed by atoms with Crippen molar-refractivity contribution in [2.45, 2.75) is 19.4 Å². The normalized spacial score (nSPS) is 19.8. The van der Waals surface area contributed by atoms with Gasteiger partial charge in [0.2, 0.25) is 0 Å². The molecule has 1 aliphatic heterocycles. The second kappa shape index (κ2) is 6.58. The van der Waals surface area contributed by atoms with Crippen LogP contribution in [0, 0.1) is 10.1 Å². The number of nitrogens with zero attached hydrogens (tertiary/aromatic N) is 2. The number of hydrogen-bond donors (Lipinski definition) is 0. The molecular weight excluding hydrogens is 260 g/mol. The average Bonchev–Trinajstić information content (AvgIpc) is 2.48. The van der Waals surface area contributed by atoms with Crippen molar-refractivity contribution in [3.05, 3.63) is 39.9 Å². The van der Waals surface area contributed by atoms with Gasteiger partial charge >= 0.3 is 0 Å². The van der Waals surface area contributed by atoms with E-state index in [-0.39, 0.29) is 24.1 Å². The molecule has 0 bridgehead atoms. The highest BCUT2D eigenvalue weighted by atomic mass is 16.6. The third-order valence-corrected chi connectivity index (χ3v) is 3.55. The van der Waals surface area contributed by atoms with E-state index in [9.17, 15) is 14.9 Å². The first kappa shape index (κ1) is 14.6. The van der Waals surface area contributed by atoms with E-state index >= 15 is 0 Å². The van der Waals surface area contributed by atoms with E-state index in [1.165, 1.54) is 12.1 Å². The summed E-state index contributed by atoms with van der Waals surface area (Å²) in [4.78, 5) is 24.6. The summed E-state index contributed by atoms with van der Waals surface area (Å²) in [7, 11) is 0. The zero-order valence-corrected chi connectivity index (χ0v) is 11.4. The predicted molar refractivity (Wildman–Crippen MR) is 73.9 cm³/mol. The molecule has 1 aliphatic rings. The summed E-state index contributed by atoms with van der Waals surface area (Å²) in [6.07, 6.45) is 0.919. The maximum atomic E-state index is 12.2. The van der Waals surface area contributed by atoms with Crippen LogP contribution < -0.4 is 0 Å². The van der Waals surface area contributed by atoms with Gasteiger partial charge in [-0.1, -0.05) is 19.1 Å². The zero-order valence-electron chi connectivity index (χ0n) is 11.4. The number of non-ortho nitro benzene ring substituents is 1. The number of nitro groups is 1. The van der Waals surface area contributed by atoms with Crippen molar-refractivity contribution in [2.24, 2.45) is 0 Å². The fraction of sp³-hybridized carbons (Fsp3) is 0.500. The Balaban J connectivity index is 2.07. The number of Topliss-reactive ketones (excluding diaryl/α,β-unsaturated/α-hetero) is 1. The van der Waals surface area contributed by atoms with Gasteiger partial charge in [0.25, 0.3) is 5.69 Å². The fourth-order valence-corrected chi connectivity index (χ4v) is 2.34. The highest BCUT2D eigenvalue weighted by Crippen LogP contribution is 2.16. The van der Waals surface area contributed by atoms with Gasteiger partial charge in [-0.25, -0.2) is 0 Å². The van der Waals surface area contributed by atoms with Gasteiger partial charge in [-0.3, -0.25) is 19.8 Å². The van der Waals surface area contributed by atoms with E-state index in [1.54, 1.807) is 12.1 Å². The highest BCUT2D eigenvalue weighted by molar-refractivity contribution is 5.98. The Bertz CT molecular complexity index is 504. The molecule has 0 radical (unpaired) electrons. The first-order valence-corrected chi connectivity index (χ1v) is 6.71. The Morgan fingerprint density at radius 3 is 3.05 bits per heavy atom. The molecule has 1 saturated heterocycles. The van der Waals surface area contributed by atoms with Gasteiger partial charge < -0.3 is 4.74 Å². The number of carbonyl (C=O) groups is 1. The van der Waals surface area contributed by atoms with Crippen molar-refractivity contribution in [3.63, 3.8) is 0 Å². The van der Waals surface area contributed by atoms with E-state index in [4.69, 9.17) is 4.74 Å². The zero-order chi connectivity index (χ0) is 14.5. The second-order valence-corrected chi connectivity index (χ2v) is 4.84. The molecule has 6 heteroatoms. The van der Waals surface area contributed by atoms with E-state index in [0.717, 1.165) is 13.0 Å². The maximum absolute atomic E-state index is 12.2. The van der Waals surface area contributed by atoms with Crippen molar-refractivity contribution in [2.75, 3.05) is 26.3 Å². The summed E-state index contributed by atoms with van der Waals surface area (Å²) in [5, 5.41) is 10.7. The predicted octanol–water partition coefficient (Wildman–Crippen LogP) is 1.89. The van der Waals surface area contributed by atoms with Crippen LogP contribution in [0.1, 0.15) is 23.7 Å². The molecule has 0 N–H and O–H groups in total. The summed E-state index contributed by atoms with van der Waals surface area (Å²) in [6.45, 7) is 4.32. The molecule has 1 fully saturated rings. The average molecular weight is 278 g/mol. The van der Waals surface area contributed by atoms with Gasteiger partial charge in [-0.05, 0) is 6.42 Å². The van der Waals surface area contributed by atoms with Gasteiger partial charge in [0.05, 0.1) is 24.7 Å². The Morgan fingerprint density at radius 2 is 2.35 bits per heavy atom. The Morgan fingerprint density at radius 1 is 1.55 bits per heavy atom. The molecule has 2 rings (SSSR count). The summed E-state index contributed by atoms with van der Waals surface area (Å²) in [6, 6.07) is 6.13. The minimum absolute atomic E-state index is 0.0510. The number of carbonyl (C=O) groups excluding carboxylic acids is 1. The van der Waals surface area contributed by atoms with E-state index in [1.807, 2.05) is 0 Å². The van der Waals surface area contributed by atoms with Crippen LogP contribution in [-0.2, 0) is 4.74 Å². The van der Waals surface area contributed by atoms with Crippen LogP contribution in [0.4, 0.5) is 5.69 Å². The molecular formula is C14H18N2O4. The lowest BCUT2D eigenvalue weighted by molar-refractivity contribution is -0.384. The number of ether oxygens (including phenoxy) is 1. The number of ketones is 1. The van der Waals surface area contributed by atoms with Crippen LogP contribution in [0.5, 0.6) is 0 Å². The van der Waals surface area contributed by atoms with Crippen molar-refractivity contribution in [1.29, 1.82) is 0 Å². The number of morpholine rings is 1. The van der Waals surface area contributed by atoms with E-state index < -0.39 is 4.92 Å². The minimum Gasteiger partial charge on any atom is -0.378 e. The third kappa shape index (κ3) is 3.40. The largest absolute Gasteiger partial charge is 0.378 e. The molecule has 1 atom stereocenters. The van der Waals surface area contributed by atoms with Crippen molar-refractivity contribution < 1.29 is 14.5 Å². The van der Waals surface area contributed by atoms with E-state index in [2.05, 4.69) is 11.8 Å². The standard InChI is InChI=1S/C14H18N2O4/c1-2-12-10-20-7-6-15(12)9-14(17)11-4-3-5-13(8-11)16(18)19/h3-5,8,12H,2,6-7,9-10H2,1H3. The minimum atomic E-state index is -0.486. The quantitative estimate of drug-likeness (QED) is 0.467. The van der Waals surface area contributed by atoms with Crippen LogP contribution in [-0.4, -0.2) is 48.0 Å². The lowest BCUT2D eigenvalue weighted by Gasteiger charge is -2.34. The molecule has 0 aromatic heterocycles. The summed E-state index contributed by atoms with van der Waals surface area (Å²) >= 11 is 0. The molecule has 0 amide bonds. The lowest BCUT2D eigenvalue weighted by atomic mass is 10.1. The number of rotatable bonds is 5. The topological polar surface area (TPSA) is 72.7 Å². The van der Waals surface area contributed by atoms with Crippen LogP contribution in [0.2, 0.25) is 0 Å². The van der Waals surface area contributed by atoms with Crippen molar-refractivity contribution >= 4 is 11.5 Å². The highest BCUT2D eigenvalue weighted by Gasteiger charge is 2.24. The summed E-state index contributed by atoms with van der Waals surface area (Å²) in [5.74, 6) is -0.0888. The first-order chi connectivity index (χ1) is 9.61. The summed E-state index contributed by atoms with van der Waals surface area (Å²) in [5.41, 5.74) is 0.338. The van der Waals surface area contributed by atoms with Crippen LogP contribution >= 0.6 is 0 Å². The SMILES string of the molecule is CCC1COCCN1CC(=O)c1cccc([N+](=O)[O-])c1. The van der Waals surface area contributed by atoms with Gasteiger partial charge in [0.15, 0.2) is 5.78 Å². The first-order valence-electron chi connectivity index (χ1n) is 6.71. The molecule has 1 aromatic carbocycles. The number of nitro benzene ring substituents is 1. The molecule has 0 spiro atoms.